The van der Waals surface area contributed by atoms with Gasteiger partial charge in [0.05, 0.1) is 11.4 Å². The molecule has 0 aliphatic rings. The molecule has 0 bridgehead atoms. The molecule has 7 aromatic carbocycles. The molecule has 262 valence electrons. The van der Waals surface area contributed by atoms with E-state index in [1.807, 2.05) is 67.0 Å². The van der Waals surface area contributed by atoms with Crippen LogP contribution in [0.4, 0.5) is 0 Å². The Balaban J connectivity index is 1.01. The van der Waals surface area contributed by atoms with Crippen LogP contribution in [0, 0.1) is 0 Å². The van der Waals surface area contributed by atoms with E-state index in [4.69, 9.17) is 18.8 Å². The van der Waals surface area contributed by atoms with Crippen LogP contribution in [0.3, 0.4) is 0 Å². The molecule has 0 saturated carbocycles. The van der Waals surface area contributed by atoms with Gasteiger partial charge in [0.25, 0.3) is 0 Å². The van der Waals surface area contributed by atoms with Crippen molar-refractivity contribution < 1.29 is 8.83 Å². The molecule has 0 amide bonds. The number of hydrogen-bond acceptors (Lipinski definition) is 5. The maximum absolute atomic E-state index is 6.67. The maximum Gasteiger partial charge on any atom is 0.160 e. The summed E-state index contributed by atoms with van der Waals surface area (Å²) >= 11 is 0. The topological polar surface area (TPSA) is 65.0 Å². The van der Waals surface area contributed by atoms with Crippen molar-refractivity contribution in [1.29, 1.82) is 0 Å². The second-order valence-electron chi connectivity index (χ2n) is 14.0. The van der Waals surface area contributed by atoms with Crippen LogP contribution < -0.4 is 0 Å². The van der Waals surface area contributed by atoms with E-state index in [2.05, 4.69) is 126 Å². The van der Waals surface area contributed by atoms with Crippen molar-refractivity contribution >= 4 is 43.9 Å². The lowest BCUT2D eigenvalue weighted by Crippen LogP contribution is -1.96. The van der Waals surface area contributed by atoms with Crippen molar-refractivity contribution in [1.82, 2.24) is 15.0 Å². The van der Waals surface area contributed by atoms with Crippen molar-refractivity contribution in [2.24, 2.45) is 0 Å². The SMILES string of the molecule is c1ccc(-c2cc(-c3ccc(-c4ccncc4)cc3)nc(-c3ccc(-c4ccc(-c5ccc6oc7ccccc7c6c5)c5oc6ccccc6c45)cc3)n2)cc1. The van der Waals surface area contributed by atoms with Gasteiger partial charge in [0.1, 0.15) is 22.3 Å². The average molecular weight is 718 g/mol. The molecule has 0 spiro atoms. The number of aromatic nitrogens is 3. The highest BCUT2D eigenvalue weighted by atomic mass is 16.3. The Morgan fingerprint density at radius 2 is 0.893 bits per heavy atom. The predicted octanol–water partition coefficient (Wildman–Crippen LogP) is 13.7. The van der Waals surface area contributed by atoms with Crippen LogP contribution in [0.5, 0.6) is 0 Å². The molecule has 4 heterocycles. The van der Waals surface area contributed by atoms with Crippen LogP contribution in [0.25, 0.3) is 111 Å². The minimum atomic E-state index is 0.669. The number of benzene rings is 7. The van der Waals surface area contributed by atoms with E-state index < -0.39 is 0 Å². The van der Waals surface area contributed by atoms with Gasteiger partial charge in [-0.3, -0.25) is 4.98 Å². The molecule has 0 fully saturated rings. The van der Waals surface area contributed by atoms with E-state index in [0.29, 0.717) is 5.82 Å². The van der Waals surface area contributed by atoms with Gasteiger partial charge in [0, 0.05) is 56.2 Å². The van der Waals surface area contributed by atoms with E-state index in [0.717, 1.165) is 105 Å². The lowest BCUT2D eigenvalue weighted by atomic mass is 9.93. The predicted molar refractivity (Wildman–Crippen MR) is 227 cm³/mol. The fourth-order valence-electron chi connectivity index (χ4n) is 7.85. The first-order valence-electron chi connectivity index (χ1n) is 18.7. The quantitative estimate of drug-likeness (QED) is 0.171. The monoisotopic (exact) mass is 717 g/mol. The summed E-state index contributed by atoms with van der Waals surface area (Å²) in [7, 11) is 0. The molecule has 0 unspecified atom stereocenters. The molecule has 11 rings (SSSR count). The highest BCUT2D eigenvalue weighted by Gasteiger charge is 2.19. The molecule has 0 aliphatic heterocycles. The normalized spacial score (nSPS) is 11.6. The van der Waals surface area contributed by atoms with Gasteiger partial charge in [0.2, 0.25) is 0 Å². The summed E-state index contributed by atoms with van der Waals surface area (Å²) in [6.07, 6.45) is 3.63. The number of para-hydroxylation sites is 2. The Morgan fingerprint density at radius 1 is 0.339 bits per heavy atom. The minimum absolute atomic E-state index is 0.669. The molecule has 56 heavy (non-hydrogen) atoms. The molecule has 5 heteroatoms. The zero-order valence-electron chi connectivity index (χ0n) is 30.1. The van der Waals surface area contributed by atoms with E-state index in [1.54, 1.807) is 0 Å². The van der Waals surface area contributed by atoms with E-state index >= 15 is 0 Å². The van der Waals surface area contributed by atoms with Gasteiger partial charge in [-0.05, 0) is 76.3 Å². The summed E-state index contributed by atoms with van der Waals surface area (Å²) in [5.74, 6) is 0.669. The van der Waals surface area contributed by atoms with Crippen LogP contribution in [0.1, 0.15) is 0 Å². The number of pyridine rings is 1. The summed E-state index contributed by atoms with van der Waals surface area (Å²) < 4.78 is 12.8. The summed E-state index contributed by atoms with van der Waals surface area (Å²) in [5, 5.41) is 4.36. The minimum Gasteiger partial charge on any atom is -0.456 e. The Bertz CT molecular complexity index is 3220. The standard InChI is InChI=1S/C51H31N3O2/c1-2-8-35(9-3-1)44-31-45(36-18-14-32(15-19-36)33-26-28-52-29-27-33)54-51(53-44)37-20-16-34(17-21-37)39-23-24-40(50-49(39)42-11-5-7-13-47(42)56-50)38-22-25-48-43(30-38)41-10-4-6-12-46(41)55-48/h1-31H. The highest BCUT2D eigenvalue weighted by molar-refractivity contribution is 6.17. The first kappa shape index (κ1) is 31.9. The van der Waals surface area contributed by atoms with Gasteiger partial charge in [0.15, 0.2) is 5.82 Å². The number of hydrogen-bond donors (Lipinski definition) is 0. The van der Waals surface area contributed by atoms with Gasteiger partial charge >= 0.3 is 0 Å². The Kier molecular flexibility index (Phi) is 7.42. The molecule has 0 saturated heterocycles. The largest absolute Gasteiger partial charge is 0.456 e. The van der Waals surface area contributed by atoms with E-state index in [9.17, 15) is 0 Å². The molecular formula is C51H31N3O2. The molecule has 0 atom stereocenters. The first-order chi connectivity index (χ1) is 27.7. The van der Waals surface area contributed by atoms with E-state index in [1.165, 1.54) is 0 Å². The summed E-state index contributed by atoms with van der Waals surface area (Å²) in [5.41, 5.74) is 14.8. The molecule has 4 aromatic heterocycles. The second-order valence-corrected chi connectivity index (χ2v) is 14.0. The van der Waals surface area contributed by atoms with Crippen LogP contribution in [0.2, 0.25) is 0 Å². The van der Waals surface area contributed by atoms with Crippen LogP contribution in [0.15, 0.2) is 197 Å². The number of nitrogens with zero attached hydrogens (tertiary/aromatic N) is 3. The van der Waals surface area contributed by atoms with Crippen LogP contribution in [-0.2, 0) is 0 Å². The van der Waals surface area contributed by atoms with Crippen molar-refractivity contribution in [3.63, 3.8) is 0 Å². The zero-order chi connectivity index (χ0) is 37.0. The second kappa shape index (κ2) is 13.0. The summed E-state index contributed by atoms with van der Waals surface area (Å²) in [4.78, 5) is 14.4. The van der Waals surface area contributed by atoms with Crippen LogP contribution in [-0.4, -0.2) is 15.0 Å². The third-order valence-electron chi connectivity index (χ3n) is 10.7. The number of rotatable bonds is 6. The molecule has 0 radical (unpaired) electrons. The van der Waals surface area contributed by atoms with Crippen molar-refractivity contribution in [2.75, 3.05) is 0 Å². The molecule has 5 nitrogen and oxygen atoms in total. The Labute approximate surface area is 322 Å². The third-order valence-corrected chi connectivity index (χ3v) is 10.7. The molecule has 0 N–H and O–H groups in total. The molecule has 11 aromatic rings. The fraction of sp³-hybridized carbons (Fsp3) is 0. The summed E-state index contributed by atoms with van der Waals surface area (Å²) in [6.45, 7) is 0. The van der Waals surface area contributed by atoms with Gasteiger partial charge in [-0.2, -0.15) is 0 Å². The lowest BCUT2D eigenvalue weighted by molar-refractivity contribution is 0.668. The molecular weight excluding hydrogens is 687 g/mol. The smallest absolute Gasteiger partial charge is 0.160 e. The van der Waals surface area contributed by atoms with Crippen molar-refractivity contribution in [3.05, 3.63) is 188 Å². The summed E-state index contributed by atoms with van der Waals surface area (Å²) in [6, 6.07) is 60.7. The van der Waals surface area contributed by atoms with Gasteiger partial charge in [-0.25, -0.2) is 9.97 Å². The zero-order valence-corrected chi connectivity index (χ0v) is 30.1. The highest BCUT2D eigenvalue weighted by Crippen LogP contribution is 2.43. The van der Waals surface area contributed by atoms with Gasteiger partial charge in [-0.1, -0.05) is 127 Å². The Morgan fingerprint density at radius 3 is 1.66 bits per heavy atom. The van der Waals surface area contributed by atoms with Crippen molar-refractivity contribution in [3.8, 4) is 67.3 Å². The average Bonchev–Trinajstić information content (AvgIpc) is 3.85. The first-order valence-corrected chi connectivity index (χ1v) is 18.7. The fourth-order valence-corrected chi connectivity index (χ4v) is 7.85. The van der Waals surface area contributed by atoms with Gasteiger partial charge in [-0.15, -0.1) is 0 Å². The van der Waals surface area contributed by atoms with E-state index in [-0.39, 0.29) is 0 Å². The maximum atomic E-state index is 6.67. The van der Waals surface area contributed by atoms with Crippen LogP contribution >= 0.6 is 0 Å². The van der Waals surface area contributed by atoms with Crippen molar-refractivity contribution in [2.45, 2.75) is 0 Å². The molecule has 0 aliphatic carbocycles. The number of furan rings is 2. The number of fused-ring (bicyclic) bond motifs is 6. The lowest BCUT2D eigenvalue weighted by Gasteiger charge is -2.11. The van der Waals surface area contributed by atoms with Gasteiger partial charge < -0.3 is 8.83 Å². The third kappa shape index (κ3) is 5.45. The Hall–Kier alpha value is -7.63.